The predicted octanol–water partition coefficient (Wildman–Crippen LogP) is 2.09. The molecule has 0 heterocycles. The highest BCUT2D eigenvalue weighted by Gasteiger charge is 2.06. The number of ether oxygens (including phenoxy) is 1. The van der Waals surface area contributed by atoms with E-state index in [0.29, 0.717) is 6.42 Å². The van der Waals surface area contributed by atoms with Gasteiger partial charge in [-0.1, -0.05) is 18.2 Å². The Kier molecular flexibility index (Phi) is 3.51. The molecule has 0 aliphatic heterocycles. The molecule has 1 atom stereocenters. The molecule has 3 heteroatoms. The molecule has 0 fully saturated rings. The first-order valence-corrected chi connectivity index (χ1v) is 4.65. The van der Waals surface area contributed by atoms with E-state index in [1.165, 1.54) is 0 Å². The van der Waals surface area contributed by atoms with E-state index < -0.39 is 0 Å². The van der Waals surface area contributed by atoms with Crippen molar-refractivity contribution >= 4 is 5.84 Å². The van der Waals surface area contributed by atoms with Crippen LogP contribution in [0.3, 0.4) is 0 Å². The zero-order valence-corrected chi connectivity index (χ0v) is 8.58. The van der Waals surface area contributed by atoms with Gasteiger partial charge in [0.05, 0.1) is 5.84 Å². The van der Waals surface area contributed by atoms with Crippen molar-refractivity contribution in [3.63, 3.8) is 0 Å². The molecule has 76 valence electrons. The van der Waals surface area contributed by atoms with Crippen LogP contribution in [-0.4, -0.2) is 11.9 Å². The van der Waals surface area contributed by atoms with Crippen LogP contribution in [0, 0.1) is 12.3 Å². The van der Waals surface area contributed by atoms with Gasteiger partial charge < -0.3 is 10.5 Å². The average Bonchev–Trinajstić information content (AvgIpc) is 2.07. The second kappa shape index (κ2) is 4.65. The highest BCUT2D eigenvalue weighted by molar-refractivity contribution is 5.77. The molecular weight excluding hydrogens is 176 g/mol. The number of aryl methyl sites for hydroxylation is 1. The Bertz CT molecular complexity index is 323. The summed E-state index contributed by atoms with van der Waals surface area (Å²) in [6.45, 7) is 3.91. The van der Waals surface area contributed by atoms with E-state index in [9.17, 15) is 0 Å². The number of hydrogen-bond donors (Lipinski definition) is 2. The minimum Gasteiger partial charge on any atom is -0.490 e. The lowest BCUT2D eigenvalue weighted by atomic mass is 10.2. The Balaban J connectivity index is 2.60. The maximum Gasteiger partial charge on any atom is 0.122 e. The number of nitrogens with one attached hydrogen (secondary N) is 1. The molecule has 0 saturated carbocycles. The molecule has 3 nitrogen and oxygen atoms in total. The first-order valence-electron chi connectivity index (χ1n) is 4.65. The molecule has 0 aliphatic rings. The zero-order valence-electron chi connectivity index (χ0n) is 8.58. The van der Waals surface area contributed by atoms with Crippen LogP contribution >= 0.6 is 0 Å². The summed E-state index contributed by atoms with van der Waals surface area (Å²) in [6, 6.07) is 7.82. The summed E-state index contributed by atoms with van der Waals surface area (Å²) >= 11 is 0. The Labute approximate surface area is 84.4 Å². The van der Waals surface area contributed by atoms with Gasteiger partial charge in [-0.05, 0) is 25.5 Å². The molecule has 0 bridgehead atoms. The lowest BCUT2D eigenvalue weighted by Gasteiger charge is -2.15. The average molecular weight is 192 g/mol. The quantitative estimate of drug-likeness (QED) is 0.567. The maximum atomic E-state index is 7.14. The van der Waals surface area contributed by atoms with Crippen molar-refractivity contribution in [2.24, 2.45) is 5.73 Å². The van der Waals surface area contributed by atoms with Crippen molar-refractivity contribution in [1.29, 1.82) is 5.41 Å². The number of rotatable bonds is 4. The molecule has 3 N–H and O–H groups in total. The van der Waals surface area contributed by atoms with E-state index in [1.54, 1.807) is 0 Å². The van der Waals surface area contributed by atoms with Crippen LogP contribution in [0.1, 0.15) is 18.9 Å². The molecule has 1 rings (SSSR count). The van der Waals surface area contributed by atoms with Gasteiger partial charge in [0.15, 0.2) is 0 Å². The van der Waals surface area contributed by atoms with Crippen LogP contribution in [0.5, 0.6) is 5.75 Å². The summed E-state index contributed by atoms with van der Waals surface area (Å²) in [5.74, 6) is 1.02. The molecule has 1 unspecified atom stereocenters. The van der Waals surface area contributed by atoms with E-state index in [0.717, 1.165) is 11.3 Å². The zero-order chi connectivity index (χ0) is 10.6. The lowest BCUT2D eigenvalue weighted by Crippen LogP contribution is -2.21. The van der Waals surface area contributed by atoms with Gasteiger partial charge in [0.2, 0.25) is 0 Å². The van der Waals surface area contributed by atoms with E-state index in [-0.39, 0.29) is 11.9 Å². The van der Waals surface area contributed by atoms with Gasteiger partial charge in [0.25, 0.3) is 0 Å². The third kappa shape index (κ3) is 3.09. The van der Waals surface area contributed by atoms with Gasteiger partial charge in [-0.2, -0.15) is 0 Å². The van der Waals surface area contributed by atoms with Crippen LogP contribution in [0.4, 0.5) is 0 Å². The van der Waals surface area contributed by atoms with Gasteiger partial charge in [-0.15, -0.1) is 0 Å². The molecule has 0 saturated heterocycles. The fraction of sp³-hybridized carbons (Fsp3) is 0.364. The van der Waals surface area contributed by atoms with E-state index in [4.69, 9.17) is 15.9 Å². The summed E-state index contributed by atoms with van der Waals surface area (Å²) in [4.78, 5) is 0. The van der Waals surface area contributed by atoms with Crippen molar-refractivity contribution in [3.05, 3.63) is 29.8 Å². The second-order valence-electron chi connectivity index (χ2n) is 3.42. The van der Waals surface area contributed by atoms with Crippen LogP contribution in [0.2, 0.25) is 0 Å². The SMILES string of the molecule is Cc1ccccc1OC(C)CC(=N)N. The van der Waals surface area contributed by atoms with Crippen LogP contribution in [0.15, 0.2) is 24.3 Å². The Hall–Kier alpha value is -1.51. The van der Waals surface area contributed by atoms with Crippen LogP contribution < -0.4 is 10.5 Å². The van der Waals surface area contributed by atoms with E-state index in [1.807, 2.05) is 38.1 Å². The van der Waals surface area contributed by atoms with Crippen LogP contribution in [-0.2, 0) is 0 Å². The Morgan fingerprint density at radius 1 is 1.50 bits per heavy atom. The fourth-order valence-corrected chi connectivity index (χ4v) is 1.26. The third-order valence-corrected chi connectivity index (χ3v) is 1.93. The summed E-state index contributed by atoms with van der Waals surface area (Å²) in [6.07, 6.45) is 0.419. The van der Waals surface area contributed by atoms with Gasteiger partial charge in [-0.25, -0.2) is 0 Å². The van der Waals surface area contributed by atoms with E-state index in [2.05, 4.69) is 0 Å². The van der Waals surface area contributed by atoms with Crippen molar-refractivity contribution in [3.8, 4) is 5.75 Å². The van der Waals surface area contributed by atoms with Gasteiger partial charge in [0, 0.05) is 6.42 Å². The number of amidine groups is 1. The second-order valence-corrected chi connectivity index (χ2v) is 3.42. The van der Waals surface area contributed by atoms with Crippen LogP contribution in [0.25, 0.3) is 0 Å². The van der Waals surface area contributed by atoms with Gasteiger partial charge in [-0.3, -0.25) is 5.41 Å². The van der Waals surface area contributed by atoms with Gasteiger partial charge >= 0.3 is 0 Å². The monoisotopic (exact) mass is 192 g/mol. The first-order chi connectivity index (χ1) is 6.59. The van der Waals surface area contributed by atoms with Crippen molar-refractivity contribution < 1.29 is 4.74 Å². The Morgan fingerprint density at radius 2 is 2.14 bits per heavy atom. The highest BCUT2D eigenvalue weighted by Crippen LogP contribution is 2.18. The van der Waals surface area contributed by atoms with Gasteiger partial charge in [0.1, 0.15) is 11.9 Å². The van der Waals surface area contributed by atoms with Crippen molar-refractivity contribution in [1.82, 2.24) is 0 Å². The topological polar surface area (TPSA) is 59.1 Å². The standard InChI is InChI=1S/C11H16N2O/c1-8-5-3-4-6-10(8)14-9(2)7-11(12)13/h3-6,9H,7H2,1-2H3,(H3,12,13). The summed E-state index contributed by atoms with van der Waals surface area (Å²) in [7, 11) is 0. The van der Waals surface area contributed by atoms with Crippen molar-refractivity contribution in [2.75, 3.05) is 0 Å². The summed E-state index contributed by atoms with van der Waals surface area (Å²) in [5, 5.41) is 7.14. The molecular formula is C11H16N2O. The summed E-state index contributed by atoms with van der Waals surface area (Å²) < 4.78 is 5.64. The van der Waals surface area contributed by atoms with Crippen molar-refractivity contribution in [2.45, 2.75) is 26.4 Å². The molecule has 1 aromatic carbocycles. The predicted molar refractivity (Wildman–Crippen MR) is 57.8 cm³/mol. The number of nitrogens with two attached hydrogens (primary N) is 1. The molecule has 0 aliphatic carbocycles. The molecule has 14 heavy (non-hydrogen) atoms. The highest BCUT2D eigenvalue weighted by atomic mass is 16.5. The lowest BCUT2D eigenvalue weighted by molar-refractivity contribution is 0.228. The number of benzene rings is 1. The normalized spacial score (nSPS) is 12.1. The van der Waals surface area contributed by atoms with E-state index >= 15 is 0 Å². The molecule has 0 spiro atoms. The maximum absolute atomic E-state index is 7.14. The molecule has 0 amide bonds. The molecule has 1 aromatic rings. The number of para-hydroxylation sites is 1. The number of hydrogen-bond acceptors (Lipinski definition) is 2. The fourth-order valence-electron chi connectivity index (χ4n) is 1.26. The Morgan fingerprint density at radius 3 is 2.71 bits per heavy atom. The summed E-state index contributed by atoms with van der Waals surface area (Å²) in [5.41, 5.74) is 6.39. The minimum absolute atomic E-state index is 0.0476. The molecule has 0 aromatic heterocycles. The largest absolute Gasteiger partial charge is 0.490 e. The smallest absolute Gasteiger partial charge is 0.122 e. The minimum atomic E-state index is -0.0476. The molecule has 0 radical (unpaired) electrons. The first kappa shape index (κ1) is 10.6. The third-order valence-electron chi connectivity index (χ3n) is 1.93.